The second-order valence-electron chi connectivity index (χ2n) is 8.70. The summed E-state index contributed by atoms with van der Waals surface area (Å²) in [6.45, 7) is 5.75. The molecule has 1 aliphatic rings. The van der Waals surface area contributed by atoms with Crippen LogP contribution in [-0.4, -0.2) is 0 Å². The molecule has 4 rings (SSSR count). The Morgan fingerprint density at radius 2 is 1.33 bits per heavy atom. The smallest absolute Gasteiger partial charge is 0.167 e. The quantitative estimate of drug-likeness (QED) is 0.260. The minimum atomic E-state index is -0.916. The van der Waals surface area contributed by atoms with Gasteiger partial charge in [0.2, 0.25) is 0 Å². The molecule has 1 atom stereocenters. The highest BCUT2D eigenvalue weighted by molar-refractivity contribution is 5.74. The third-order valence-electron chi connectivity index (χ3n) is 6.39. The molecule has 0 N–H and O–H groups in total. The molecule has 170 valence electrons. The standard InChI is InChI=1S/C29H26F4/c1-3-4-5-22-14-15-23(27(31)26(22)30)20-10-12-21(13-11-20)25-17-16-24(28(32)29(25)33)19-8-6-18(2)7-9-19/h3,8,10-18H,1,4-7,9H2,2H3. The second-order valence-corrected chi connectivity index (χ2v) is 8.70. The van der Waals surface area contributed by atoms with E-state index >= 15 is 0 Å². The summed E-state index contributed by atoms with van der Waals surface area (Å²) in [6, 6.07) is 12.7. The number of halogens is 4. The van der Waals surface area contributed by atoms with Crippen LogP contribution in [0.4, 0.5) is 17.6 Å². The summed E-state index contributed by atoms with van der Waals surface area (Å²) in [5, 5.41) is 0. The van der Waals surface area contributed by atoms with E-state index in [0.29, 0.717) is 41.0 Å². The van der Waals surface area contributed by atoms with E-state index in [1.54, 1.807) is 54.6 Å². The minimum Gasteiger partial charge on any atom is -0.203 e. The molecule has 0 saturated carbocycles. The van der Waals surface area contributed by atoms with Gasteiger partial charge in [0.05, 0.1) is 0 Å². The lowest BCUT2D eigenvalue weighted by Crippen LogP contribution is -2.04. The molecule has 0 saturated heterocycles. The van der Waals surface area contributed by atoms with Crippen LogP contribution >= 0.6 is 0 Å². The molecular weight excluding hydrogens is 424 g/mol. The van der Waals surface area contributed by atoms with Crippen molar-refractivity contribution in [2.24, 2.45) is 5.92 Å². The highest BCUT2D eigenvalue weighted by atomic mass is 19.2. The van der Waals surface area contributed by atoms with Gasteiger partial charge in [-0.2, -0.15) is 0 Å². The Labute approximate surface area is 192 Å². The first kappa shape index (κ1) is 23.0. The Morgan fingerprint density at radius 1 is 0.788 bits per heavy atom. The van der Waals surface area contributed by atoms with Crippen molar-refractivity contribution in [2.45, 2.75) is 39.0 Å². The van der Waals surface area contributed by atoms with Crippen LogP contribution in [-0.2, 0) is 6.42 Å². The van der Waals surface area contributed by atoms with Crippen molar-refractivity contribution in [1.82, 2.24) is 0 Å². The van der Waals surface area contributed by atoms with Crippen LogP contribution in [0.5, 0.6) is 0 Å². The van der Waals surface area contributed by atoms with Crippen LogP contribution in [0.3, 0.4) is 0 Å². The molecule has 0 radical (unpaired) electrons. The fraction of sp³-hybridized carbons (Fsp3) is 0.241. The zero-order valence-corrected chi connectivity index (χ0v) is 18.6. The van der Waals surface area contributed by atoms with Gasteiger partial charge in [-0.3, -0.25) is 0 Å². The van der Waals surface area contributed by atoms with Crippen molar-refractivity contribution in [3.05, 3.63) is 102 Å². The molecule has 1 aliphatic carbocycles. The molecule has 4 heteroatoms. The van der Waals surface area contributed by atoms with E-state index < -0.39 is 23.3 Å². The summed E-state index contributed by atoms with van der Waals surface area (Å²) in [5.41, 5.74) is 2.66. The predicted octanol–water partition coefficient (Wildman–Crippen LogP) is 8.90. The number of aryl methyl sites for hydroxylation is 1. The van der Waals surface area contributed by atoms with Gasteiger partial charge in [-0.05, 0) is 60.3 Å². The summed E-state index contributed by atoms with van der Waals surface area (Å²) in [5.74, 6) is -2.97. The number of allylic oxidation sites excluding steroid dienone is 3. The first-order valence-corrected chi connectivity index (χ1v) is 11.3. The zero-order chi connectivity index (χ0) is 23.5. The van der Waals surface area contributed by atoms with Crippen molar-refractivity contribution in [3.8, 4) is 22.3 Å². The van der Waals surface area contributed by atoms with Gasteiger partial charge in [0.25, 0.3) is 0 Å². The van der Waals surface area contributed by atoms with E-state index in [1.807, 2.05) is 6.08 Å². The molecule has 0 heterocycles. The number of benzene rings is 3. The Morgan fingerprint density at radius 3 is 1.91 bits per heavy atom. The van der Waals surface area contributed by atoms with Crippen molar-refractivity contribution >= 4 is 5.57 Å². The van der Waals surface area contributed by atoms with Gasteiger partial charge < -0.3 is 0 Å². The van der Waals surface area contributed by atoms with Gasteiger partial charge >= 0.3 is 0 Å². The van der Waals surface area contributed by atoms with Crippen LogP contribution < -0.4 is 0 Å². The summed E-state index contributed by atoms with van der Waals surface area (Å²) in [6.07, 6.45) is 7.15. The number of hydrogen-bond donors (Lipinski definition) is 0. The van der Waals surface area contributed by atoms with Crippen LogP contribution in [0.15, 0.2) is 67.3 Å². The molecule has 0 spiro atoms. The summed E-state index contributed by atoms with van der Waals surface area (Å²) >= 11 is 0. The molecule has 0 amide bonds. The molecule has 3 aromatic carbocycles. The van der Waals surface area contributed by atoms with Gasteiger partial charge in [0.15, 0.2) is 23.3 Å². The van der Waals surface area contributed by atoms with E-state index in [-0.39, 0.29) is 11.1 Å². The Bertz CT molecular complexity index is 1210. The average Bonchev–Trinajstić information content (AvgIpc) is 2.83. The number of rotatable bonds is 6. The Kier molecular flexibility index (Phi) is 6.83. The fourth-order valence-electron chi connectivity index (χ4n) is 4.32. The molecule has 0 fully saturated rings. The maximum atomic E-state index is 14.9. The summed E-state index contributed by atoms with van der Waals surface area (Å²) in [7, 11) is 0. The van der Waals surface area contributed by atoms with E-state index in [9.17, 15) is 17.6 Å². The first-order chi connectivity index (χ1) is 15.9. The molecule has 0 aromatic heterocycles. The van der Waals surface area contributed by atoms with E-state index in [4.69, 9.17) is 0 Å². The second kappa shape index (κ2) is 9.78. The monoisotopic (exact) mass is 450 g/mol. The summed E-state index contributed by atoms with van der Waals surface area (Å²) < 4.78 is 58.9. The molecule has 33 heavy (non-hydrogen) atoms. The van der Waals surface area contributed by atoms with Crippen LogP contribution in [0.2, 0.25) is 0 Å². The Balaban J connectivity index is 1.62. The third kappa shape index (κ3) is 4.66. The first-order valence-electron chi connectivity index (χ1n) is 11.3. The lowest BCUT2D eigenvalue weighted by molar-refractivity contribution is 0.501. The van der Waals surface area contributed by atoms with Gasteiger partial charge in [0, 0.05) is 16.7 Å². The van der Waals surface area contributed by atoms with Gasteiger partial charge in [0.1, 0.15) is 0 Å². The SMILES string of the molecule is C=CCCc1ccc(-c2ccc(-c3ccc(C4=CCC(C)CC4)c(F)c3F)cc2)c(F)c1F. The minimum absolute atomic E-state index is 0.127. The highest BCUT2D eigenvalue weighted by Gasteiger charge is 2.20. The van der Waals surface area contributed by atoms with Gasteiger partial charge in [-0.25, -0.2) is 17.6 Å². The maximum Gasteiger partial charge on any atom is 0.167 e. The average molecular weight is 451 g/mol. The van der Waals surface area contributed by atoms with Gasteiger partial charge in [-0.15, -0.1) is 6.58 Å². The topological polar surface area (TPSA) is 0 Å². The van der Waals surface area contributed by atoms with Crippen LogP contribution in [0.25, 0.3) is 27.8 Å². The normalized spacial score (nSPS) is 15.9. The van der Waals surface area contributed by atoms with Crippen LogP contribution in [0, 0.1) is 29.2 Å². The Hall–Kier alpha value is -3.14. The summed E-state index contributed by atoms with van der Waals surface area (Å²) in [4.78, 5) is 0. The highest BCUT2D eigenvalue weighted by Crippen LogP contribution is 2.35. The van der Waals surface area contributed by atoms with Crippen molar-refractivity contribution in [3.63, 3.8) is 0 Å². The van der Waals surface area contributed by atoms with Crippen molar-refractivity contribution in [1.29, 1.82) is 0 Å². The molecule has 0 aliphatic heterocycles. The zero-order valence-electron chi connectivity index (χ0n) is 18.6. The van der Waals surface area contributed by atoms with E-state index in [2.05, 4.69) is 13.5 Å². The molecule has 1 unspecified atom stereocenters. The molecule has 3 aromatic rings. The van der Waals surface area contributed by atoms with Gasteiger partial charge in [-0.1, -0.05) is 67.6 Å². The number of hydrogen-bond acceptors (Lipinski definition) is 0. The largest absolute Gasteiger partial charge is 0.203 e. The molecular formula is C29H26F4. The lowest BCUT2D eigenvalue weighted by atomic mass is 9.87. The lowest BCUT2D eigenvalue weighted by Gasteiger charge is -2.19. The fourth-order valence-corrected chi connectivity index (χ4v) is 4.32. The third-order valence-corrected chi connectivity index (χ3v) is 6.39. The van der Waals surface area contributed by atoms with E-state index in [0.717, 1.165) is 24.8 Å². The maximum absolute atomic E-state index is 14.9. The van der Waals surface area contributed by atoms with Crippen molar-refractivity contribution in [2.75, 3.05) is 0 Å². The molecule has 0 nitrogen and oxygen atoms in total. The molecule has 0 bridgehead atoms. The van der Waals surface area contributed by atoms with Crippen molar-refractivity contribution < 1.29 is 17.6 Å². The van der Waals surface area contributed by atoms with E-state index in [1.165, 1.54) is 0 Å². The van der Waals surface area contributed by atoms with Crippen LogP contribution in [0.1, 0.15) is 43.7 Å². The predicted molar refractivity (Wildman–Crippen MR) is 127 cm³/mol.